The maximum atomic E-state index is 13.0. The number of rotatable bonds is 7. The van der Waals surface area contributed by atoms with Crippen LogP contribution in [0.25, 0.3) is 10.2 Å². The summed E-state index contributed by atoms with van der Waals surface area (Å²) < 4.78 is 5.16. The summed E-state index contributed by atoms with van der Waals surface area (Å²) in [5.41, 5.74) is 4.45. The highest BCUT2D eigenvalue weighted by Gasteiger charge is 2.20. The number of nitrogens with zero attached hydrogens (tertiary/aromatic N) is 1. The predicted octanol–water partition coefficient (Wildman–Crippen LogP) is 5.60. The number of aryl methyl sites for hydroxylation is 3. The van der Waals surface area contributed by atoms with Crippen molar-refractivity contribution < 1.29 is 9.53 Å². The molecule has 8 heteroatoms. The molecule has 4 aromatic rings. The largest absolute Gasteiger partial charge is 0.380 e. The number of amides is 1. The van der Waals surface area contributed by atoms with Crippen molar-refractivity contribution in [2.24, 2.45) is 0 Å². The maximum absolute atomic E-state index is 13.0. The molecule has 6 nitrogen and oxygen atoms in total. The number of thiophene rings is 1. The minimum atomic E-state index is -0.254. The number of aromatic nitrogens is 2. The van der Waals surface area contributed by atoms with E-state index in [1.165, 1.54) is 22.5 Å². The van der Waals surface area contributed by atoms with Gasteiger partial charge in [0.1, 0.15) is 10.7 Å². The van der Waals surface area contributed by atoms with Crippen molar-refractivity contribution in [3.05, 3.63) is 85.8 Å². The number of thioether (sulfide) groups is 1. The molecule has 2 heterocycles. The Bertz CT molecular complexity index is 1390. The number of benzene rings is 2. The molecule has 170 valence electrons. The molecule has 2 aromatic heterocycles. The fraction of sp³-hybridized carbons (Fsp3) is 0.240. The fourth-order valence-corrected chi connectivity index (χ4v) is 5.67. The molecule has 0 atom stereocenters. The molecule has 1 amide bonds. The first-order chi connectivity index (χ1) is 15.9. The third-order valence-electron chi connectivity index (χ3n) is 5.26. The standard InChI is InChI=1S/C25H25N3O3S2/c1-14-8-9-15(2)19(10-14)32-13-20-27-23(29)21-16(3)22(33-25(21)28-20)24(30)26-18-7-5-6-17(11-18)12-31-4/h5-11H,12-13H2,1-4H3,(H,26,30)(H,27,28,29). The van der Waals surface area contributed by atoms with Gasteiger partial charge < -0.3 is 15.0 Å². The molecule has 33 heavy (non-hydrogen) atoms. The Balaban J connectivity index is 1.58. The van der Waals surface area contributed by atoms with Crippen molar-refractivity contribution in [1.82, 2.24) is 9.97 Å². The van der Waals surface area contributed by atoms with E-state index in [0.29, 0.717) is 44.5 Å². The van der Waals surface area contributed by atoms with Crippen molar-refractivity contribution >= 4 is 44.9 Å². The monoisotopic (exact) mass is 479 g/mol. The molecule has 0 fully saturated rings. The number of ether oxygens (including phenoxy) is 1. The van der Waals surface area contributed by atoms with Gasteiger partial charge in [-0.2, -0.15) is 0 Å². The number of methoxy groups -OCH3 is 1. The third-order valence-corrected chi connectivity index (χ3v) is 7.61. The lowest BCUT2D eigenvalue weighted by atomic mass is 10.2. The number of hydrogen-bond acceptors (Lipinski definition) is 6. The second-order valence-corrected chi connectivity index (χ2v) is 9.91. The number of H-pyrrole nitrogens is 1. The molecular formula is C25H25N3O3S2. The lowest BCUT2D eigenvalue weighted by molar-refractivity contribution is 0.103. The van der Waals surface area contributed by atoms with Crippen molar-refractivity contribution in [2.75, 3.05) is 12.4 Å². The van der Waals surface area contributed by atoms with E-state index >= 15 is 0 Å². The zero-order valence-electron chi connectivity index (χ0n) is 18.9. The van der Waals surface area contributed by atoms with Crippen LogP contribution in [0.4, 0.5) is 5.69 Å². The highest BCUT2D eigenvalue weighted by molar-refractivity contribution is 7.98. The summed E-state index contributed by atoms with van der Waals surface area (Å²) in [5.74, 6) is 0.884. The number of anilines is 1. The van der Waals surface area contributed by atoms with Gasteiger partial charge in [-0.1, -0.05) is 29.8 Å². The van der Waals surface area contributed by atoms with Gasteiger partial charge in [0, 0.05) is 17.7 Å². The van der Waals surface area contributed by atoms with Gasteiger partial charge in [-0.15, -0.1) is 23.1 Å². The lowest BCUT2D eigenvalue weighted by Crippen LogP contribution is -2.13. The van der Waals surface area contributed by atoms with Gasteiger partial charge in [0.05, 0.1) is 22.6 Å². The first-order valence-electron chi connectivity index (χ1n) is 10.5. The highest BCUT2D eigenvalue weighted by atomic mass is 32.2. The van der Waals surface area contributed by atoms with Gasteiger partial charge in [0.25, 0.3) is 11.5 Å². The van der Waals surface area contributed by atoms with E-state index in [-0.39, 0.29) is 11.5 Å². The van der Waals surface area contributed by atoms with E-state index in [2.05, 4.69) is 47.3 Å². The quantitative estimate of drug-likeness (QED) is 0.337. The first-order valence-corrected chi connectivity index (χ1v) is 12.3. The summed E-state index contributed by atoms with van der Waals surface area (Å²) in [6.45, 7) is 6.38. The number of carbonyl (C=O) groups excluding carboxylic acids is 1. The average molecular weight is 480 g/mol. The van der Waals surface area contributed by atoms with Crippen LogP contribution in [0.2, 0.25) is 0 Å². The highest BCUT2D eigenvalue weighted by Crippen LogP contribution is 2.30. The topological polar surface area (TPSA) is 84.1 Å². The van der Waals surface area contributed by atoms with E-state index in [0.717, 1.165) is 10.5 Å². The van der Waals surface area contributed by atoms with Gasteiger partial charge in [0.2, 0.25) is 0 Å². The van der Waals surface area contributed by atoms with Crippen LogP contribution < -0.4 is 10.9 Å². The van der Waals surface area contributed by atoms with Crippen LogP contribution in [0.3, 0.4) is 0 Å². The SMILES string of the molecule is COCc1cccc(NC(=O)c2sc3nc(CSc4cc(C)ccc4C)[nH]c(=O)c3c2C)c1. The number of aromatic amines is 1. The predicted molar refractivity (Wildman–Crippen MR) is 136 cm³/mol. The molecule has 0 spiro atoms. The molecule has 0 unspecified atom stereocenters. The molecule has 0 aliphatic heterocycles. The Morgan fingerprint density at radius 3 is 2.79 bits per heavy atom. The van der Waals surface area contributed by atoms with Crippen LogP contribution in [0.5, 0.6) is 0 Å². The van der Waals surface area contributed by atoms with E-state index < -0.39 is 0 Å². The number of fused-ring (bicyclic) bond motifs is 1. The van der Waals surface area contributed by atoms with Crippen molar-refractivity contribution in [2.45, 2.75) is 38.0 Å². The Kier molecular flexibility index (Phi) is 6.97. The van der Waals surface area contributed by atoms with Crippen LogP contribution in [0, 0.1) is 20.8 Å². The zero-order valence-corrected chi connectivity index (χ0v) is 20.6. The fourth-order valence-electron chi connectivity index (χ4n) is 3.58. The van der Waals surface area contributed by atoms with Gasteiger partial charge in [0.15, 0.2) is 0 Å². The van der Waals surface area contributed by atoms with E-state index in [1.807, 2.05) is 24.3 Å². The molecule has 0 bridgehead atoms. The van der Waals surface area contributed by atoms with Crippen molar-refractivity contribution in [1.29, 1.82) is 0 Å². The number of nitrogens with one attached hydrogen (secondary N) is 2. The van der Waals surface area contributed by atoms with E-state index in [1.54, 1.807) is 25.8 Å². The van der Waals surface area contributed by atoms with E-state index in [9.17, 15) is 9.59 Å². The van der Waals surface area contributed by atoms with Crippen molar-refractivity contribution in [3.63, 3.8) is 0 Å². The average Bonchev–Trinajstić information content (AvgIpc) is 3.12. The summed E-state index contributed by atoms with van der Waals surface area (Å²) in [7, 11) is 1.63. The first kappa shape index (κ1) is 23.2. The second-order valence-electron chi connectivity index (χ2n) is 7.89. The smallest absolute Gasteiger partial charge is 0.266 e. The molecule has 0 aliphatic carbocycles. The van der Waals surface area contributed by atoms with Gasteiger partial charge in [-0.25, -0.2) is 4.98 Å². The van der Waals surface area contributed by atoms with Crippen molar-refractivity contribution in [3.8, 4) is 0 Å². The lowest BCUT2D eigenvalue weighted by Gasteiger charge is -2.06. The molecule has 0 radical (unpaired) electrons. The zero-order chi connectivity index (χ0) is 23.5. The van der Waals surface area contributed by atoms with Crippen LogP contribution in [-0.4, -0.2) is 23.0 Å². The molecule has 0 saturated heterocycles. The molecule has 2 N–H and O–H groups in total. The summed E-state index contributed by atoms with van der Waals surface area (Å²) >= 11 is 2.88. The van der Waals surface area contributed by atoms with Crippen LogP contribution in [0.15, 0.2) is 52.2 Å². The molecule has 2 aromatic carbocycles. The van der Waals surface area contributed by atoms with Gasteiger partial charge in [-0.05, 0) is 55.7 Å². The normalized spacial score (nSPS) is 11.2. The van der Waals surface area contributed by atoms with Crippen LogP contribution in [0.1, 0.15) is 37.7 Å². The molecule has 0 aliphatic rings. The van der Waals surface area contributed by atoms with Crippen LogP contribution >= 0.6 is 23.1 Å². The molecular weight excluding hydrogens is 454 g/mol. The summed E-state index contributed by atoms with van der Waals surface area (Å²) in [6, 6.07) is 13.8. The van der Waals surface area contributed by atoms with Gasteiger partial charge >= 0.3 is 0 Å². The number of carbonyl (C=O) groups is 1. The molecule has 4 rings (SSSR count). The summed E-state index contributed by atoms with van der Waals surface area (Å²) in [4.78, 5) is 35.6. The minimum Gasteiger partial charge on any atom is -0.380 e. The summed E-state index contributed by atoms with van der Waals surface area (Å²) in [5, 5.41) is 3.39. The Hall–Kier alpha value is -2.94. The molecule has 0 saturated carbocycles. The minimum absolute atomic E-state index is 0.216. The van der Waals surface area contributed by atoms with E-state index in [4.69, 9.17) is 4.74 Å². The Morgan fingerprint density at radius 2 is 2.00 bits per heavy atom. The Morgan fingerprint density at radius 1 is 1.18 bits per heavy atom. The third kappa shape index (κ3) is 5.19. The summed E-state index contributed by atoms with van der Waals surface area (Å²) in [6.07, 6.45) is 0. The Labute approximate surface area is 200 Å². The van der Waals surface area contributed by atoms with Crippen LogP contribution in [-0.2, 0) is 17.1 Å². The maximum Gasteiger partial charge on any atom is 0.266 e. The van der Waals surface area contributed by atoms with Gasteiger partial charge in [-0.3, -0.25) is 9.59 Å². The second kappa shape index (κ2) is 9.91. The number of hydrogen-bond donors (Lipinski definition) is 2.